The molecule has 0 bridgehead atoms. The van der Waals surface area contributed by atoms with E-state index in [0.717, 1.165) is 42.9 Å². The largest absolute Gasteiger partial charge is 0.336 e. The zero-order valence-corrected chi connectivity index (χ0v) is 17.6. The van der Waals surface area contributed by atoms with Gasteiger partial charge in [0.25, 0.3) is 0 Å². The van der Waals surface area contributed by atoms with Crippen molar-refractivity contribution in [2.75, 3.05) is 22.1 Å². The third-order valence-corrected chi connectivity index (χ3v) is 5.42. The first-order chi connectivity index (χ1) is 14.5. The number of fused-ring (bicyclic) bond motifs is 1. The van der Waals surface area contributed by atoms with Crippen LogP contribution in [0, 0.1) is 6.92 Å². The van der Waals surface area contributed by atoms with Crippen LogP contribution in [0.4, 0.5) is 23.3 Å². The van der Waals surface area contributed by atoms with Crippen molar-refractivity contribution in [2.24, 2.45) is 0 Å². The van der Waals surface area contributed by atoms with Gasteiger partial charge in [-0.2, -0.15) is 4.98 Å². The van der Waals surface area contributed by atoms with E-state index in [2.05, 4.69) is 55.6 Å². The number of nitrogens with one attached hydrogen (secondary N) is 2. The van der Waals surface area contributed by atoms with Gasteiger partial charge in [-0.1, -0.05) is 31.2 Å². The number of benzene rings is 2. The van der Waals surface area contributed by atoms with Gasteiger partial charge in [0.05, 0.1) is 0 Å². The lowest BCUT2D eigenvalue weighted by Gasteiger charge is -2.29. The number of aromatic nitrogens is 3. The minimum Gasteiger partial charge on any atom is -0.336 e. The normalized spacial score (nSPS) is 13.0. The van der Waals surface area contributed by atoms with Crippen LogP contribution in [0.2, 0.25) is 0 Å². The van der Waals surface area contributed by atoms with Crippen LogP contribution in [0.1, 0.15) is 36.1 Å². The summed E-state index contributed by atoms with van der Waals surface area (Å²) in [5, 5.41) is 6.10. The quantitative estimate of drug-likeness (QED) is 0.671. The molecule has 0 radical (unpaired) electrons. The van der Waals surface area contributed by atoms with Crippen LogP contribution in [-0.4, -0.2) is 27.4 Å². The molecular weight excluding hydrogens is 376 g/mol. The van der Waals surface area contributed by atoms with Gasteiger partial charge >= 0.3 is 0 Å². The molecule has 1 aliphatic rings. The minimum absolute atomic E-state index is 0.103. The molecule has 0 aliphatic carbocycles. The zero-order valence-electron chi connectivity index (χ0n) is 17.6. The van der Waals surface area contributed by atoms with E-state index in [4.69, 9.17) is 0 Å². The molecule has 0 fully saturated rings. The van der Waals surface area contributed by atoms with Crippen molar-refractivity contribution in [1.29, 1.82) is 0 Å². The van der Waals surface area contributed by atoms with E-state index in [1.54, 1.807) is 0 Å². The first-order valence-corrected chi connectivity index (χ1v) is 10.2. The highest BCUT2D eigenvalue weighted by atomic mass is 16.1. The Balaban J connectivity index is 1.53. The molecule has 154 valence electrons. The highest BCUT2D eigenvalue weighted by Crippen LogP contribution is 2.27. The van der Waals surface area contributed by atoms with E-state index >= 15 is 0 Å². The summed E-state index contributed by atoms with van der Waals surface area (Å²) in [6, 6.07) is 12.4. The van der Waals surface area contributed by atoms with Gasteiger partial charge < -0.3 is 15.5 Å². The van der Waals surface area contributed by atoms with Gasteiger partial charge in [0.1, 0.15) is 6.33 Å². The molecule has 1 aliphatic heterocycles. The minimum atomic E-state index is -0.103. The number of carbonyl (C=O) groups excluding carboxylic acids is 1. The molecule has 7 nitrogen and oxygen atoms in total. The van der Waals surface area contributed by atoms with Crippen LogP contribution >= 0.6 is 0 Å². The lowest BCUT2D eigenvalue weighted by Crippen LogP contribution is -2.32. The number of rotatable bonds is 5. The lowest BCUT2D eigenvalue weighted by atomic mass is 9.97. The molecule has 4 rings (SSSR count). The molecule has 1 amide bonds. The van der Waals surface area contributed by atoms with Gasteiger partial charge in [0.15, 0.2) is 0 Å². The van der Waals surface area contributed by atoms with Crippen LogP contribution in [0.3, 0.4) is 0 Å². The molecule has 30 heavy (non-hydrogen) atoms. The van der Waals surface area contributed by atoms with Crippen molar-refractivity contribution in [1.82, 2.24) is 15.0 Å². The summed E-state index contributed by atoms with van der Waals surface area (Å²) in [6.45, 7) is 7.30. The summed E-state index contributed by atoms with van der Waals surface area (Å²) in [5.41, 5.74) is 6.66. The van der Waals surface area contributed by atoms with Gasteiger partial charge in [-0.25, -0.2) is 9.97 Å². The summed E-state index contributed by atoms with van der Waals surface area (Å²) in [6.07, 6.45) is 3.57. The van der Waals surface area contributed by atoms with Gasteiger partial charge in [-0.05, 0) is 54.2 Å². The highest BCUT2D eigenvalue weighted by molar-refractivity contribution is 5.90. The van der Waals surface area contributed by atoms with Crippen LogP contribution in [0.5, 0.6) is 0 Å². The van der Waals surface area contributed by atoms with E-state index in [0.29, 0.717) is 11.9 Å². The second kappa shape index (κ2) is 8.49. The molecule has 0 saturated heterocycles. The maximum atomic E-state index is 11.4. The molecule has 0 unspecified atom stereocenters. The maximum Gasteiger partial charge on any atom is 0.232 e. The van der Waals surface area contributed by atoms with E-state index < -0.39 is 0 Å². The average Bonchev–Trinajstić information content (AvgIpc) is 2.75. The molecule has 0 saturated carbocycles. The van der Waals surface area contributed by atoms with Crippen molar-refractivity contribution in [3.05, 3.63) is 65.0 Å². The number of anilines is 4. The summed E-state index contributed by atoms with van der Waals surface area (Å²) in [4.78, 5) is 26.9. The summed E-state index contributed by atoms with van der Waals surface area (Å²) >= 11 is 0. The number of hydrogen-bond acceptors (Lipinski definition) is 6. The molecule has 0 atom stereocenters. The Kier molecular flexibility index (Phi) is 5.61. The number of nitrogens with zero attached hydrogens (tertiary/aromatic N) is 4. The average molecular weight is 403 g/mol. The molecular formula is C23H26N6O. The smallest absolute Gasteiger partial charge is 0.232 e. The van der Waals surface area contributed by atoms with Gasteiger partial charge in [-0.3, -0.25) is 4.79 Å². The Morgan fingerprint density at radius 2 is 1.97 bits per heavy atom. The predicted octanol–water partition coefficient (Wildman–Crippen LogP) is 4.01. The fraction of sp³-hybridized carbons (Fsp3) is 0.304. The number of carbonyl (C=O) groups is 1. The fourth-order valence-corrected chi connectivity index (χ4v) is 3.71. The number of amides is 1. The van der Waals surface area contributed by atoms with Crippen molar-refractivity contribution in [3.63, 3.8) is 0 Å². The standard InChI is InChI=1S/C23H26N6O/c1-4-17-8-9-19-13-29(11-10-18(19)12-17)23-25-14-24-22(28-23)27-21-7-5-6-20(15(21)2)26-16(3)30/h5-9,12,14H,4,10-11,13H2,1-3H3,(H,26,30)(H,24,25,27,28). The Morgan fingerprint density at radius 3 is 2.77 bits per heavy atom. The topological polar surface area (TPSA) is 83.0 Å². The van der Waals surface area contributed by atoms with Gasteiger partial charge in [0.2, 0.25) is 17.8 Å². The molecule has 2 N–H and O–H groups in total. The molecule has 3 aromatic rings. The van der Waals surface area contributed by atoms with Crippen molar-refractivity contribution >= 4 is 29.2 Å². The Hall–Kier alpha value is -3.48. The van der Waals surface area contributed by atoms with Crippen LogP contribution in [-0.2, 0) is 24.2 Å². The summed E-state index contributed by atoms with van der Waals surface area (Å²) < 4.78 is 0. The zero-order chi connectivity index (χ0) is 21.1. The van der Waals surface area contributed by atoms with Crippen LogP contribution in [0.25, 0.3) is 0 Å². The molecule has 0 spiro atoms. The van der Waals surface area contributed by atoms with Crippen LogP contribution < -0.4 is 15.5 Å². The number of hydrogen-bond donors (Lipinski definition) is 2. The summed E-state index contributed by atoms with van der Waals surface area (Å²) in [5.74, 6) is 1.04. The molecule has 2 heterocycles. The van der Waals surface area contributed by atoms with Crippen molar-refractivity contribution < 1.29 is 4.79 Å². The van der Waals surface area contributed by atoms with Crippen LogP contribution in [0.15, 0.2) is 42.7 Å². The van der Waals surface area contributed by atoms with E-state index in [1.807, 2.05) is 25.1 Å². The SMILES string of the molecule is CCc1ccc2c(c1)CCN(c1ncnc(Nc3cccc(NC(C)=O)c3C)n1)C2. The highest BCUT2D eigenvalue weighted by Gasteiger charge is 2.19. The Labute approximate surface area is 176 Å². The maximum absolute atomic E-state index is 11.4. The van der Waals surface area contributed by atoms with Gasteiger partial charge in [-0.15, -0.1) is 0 Å². The third kappa shape index (κ3) is 4.25. The van der Waals surface area contributed by atoms with Crippen molar-refractivity contribution in [2.45, 2.75) is 40.2 Å². The molecule has 2 aromatic carbocycles. The first-order valence-electron chi connectivity index (χ1n) is 10.2. The third-order valence-electron chi connectivity index (χ3n) is 5.42. The van der Waals surface area contributed by atoms with Gasteiger partial charge in [0, 0.05) is 31.4 Å². The lowest BCUT2D eigenvalue weighted by molar-refractivity contribution is -0.114. The fourth-order valence-electron chi connectivity index (χ4n) is 3.71. The Morgan fingerprint density at radius 1 is 1.13 bits per heavy atom. The summed E-state index contributed by atoms with van der Waals surface area (Å²) in [7, 11) is 0. The first kappa shape index (κ1) is 19.8. The molecule has 1 aromatic heterocycles. The van der Waals surface area contributed by atoms with E-state index in [-0.39, 0.29) is 5.91 Å². The second-order valence-corrected chi connectivity index (χ2v) is 7.52. The van der Waals surface area contributed by atoms with E-state index in [9.17, 15) is 4.79 Å². The Bertz CT molecular complexity index is 1080. The number of aryl methyl sites for hydroxylation is 1. The second-order valence-electron chi connectivity index (χ2n) is 7.52. The monoisotopic (exact) mass is 402 g/mol. The molecule has 7 heteroatoms. The predicted molar refractivity (Wildman–Crippen MR) is 119 cm³/mol. The van der Waals surface area contributed by atoms with Crippen molar-refractivity contribution in [3.8, 4) is 0 Å². The van der Waals surface area contributed by atoms with E-state index in [1.165, 1.54) is 29.9 Å².